The summed E-state index contributed by atoms with van der Waals surface area (Å²) in [4.78, 5) is 19.5. The van der Waals surface area contributed by atoms with Crippen LogP contribution in [0.5, 0.6) is 6.01 Å². The zero-order chi connectivity index (χ0) is 16.1. The van der Waals surface area contributed by atoms with Crippen molar-refractivity contribution in [2.75, 3.05) is 43.2 Å². The summed E-state index contributed by atoms with van der Waals surface area (Å²) in [7, 11) is 3.73. The van der Waals surface area contributed by atoms with Crippen LogP contribution < -0.4 is 20.7 Å². The van der Waals surface area contributed by atoms with Crippen LogP contribution in [0.2, 0.25) is 0 Å². The number of nitrogens with zero attached hydrogens (tertiary/aromatic N) is 5. The van der Waals surface area contributed by atoms with Gasteiger partial charge in [0.15, 0.2) is 11.6 Å². The zero-order valence-electron chi connectivity index (χ0n) is 13.6. The van der Waals surface area contributed by atoms with Crippen LogP contribution in [-0.2, 0) is 0 Å². The highest BCUT2D eigenvalue weighted by atomic mass is 16.5. The molecule has 2 aromatic heterocycles. The Balaban J connectivity index is 2.53. The molecule has 0 unspecified atom stereocenters. The maximum absolute atomic E-state index is 6.03. The fraction of sp³-hybridized carbons (Fsp3) is 0.571. The van der Waals surface area contributed by atoms with E-state index in [2.05, 4.69) is 32.2 Å². The summed E-state index contributed by atoms with van der Waals surface area (Å²) < 4.78 is 5.46. The Kier molecular flexibility index (Phi) is 5.13. The van der Waals surface area contributed by atoms with Crippen LogP contribution in [0.1, 0.15) is 26.7 Å². The summed E-state index contributed by atoms with van der Waals surface area (Å²) in [6.07, 6.45) is 1.87. The molecular formula is C14H23N7O. The minimum Gasteiger partial charge on any atom is -0.463 e. The van der Waals surface area contributed by atoms with Gasteiger partial charge in [0.1, 0.15) is 11.0 Å². The van der Waals surface area contributed by atoms with E-state index < -0.39 is 0 Å². The van der Waals surface area contributed by atoms with E-state index in [9.17, 15) is 0 Å². The predicted molar refractivity (Wildman–Crippen MR) is 88.4 cm³/mol. The Bertz CT molecular complexity index is 647. The molecule has 2 heterocycles. The lowest BCUT2D eigenvalue weighted by molar-refractivity contribution is 0.294. The number of aromatic nitrogens is 4. The third-order valence-corrected chi connectivity index (χ3v) is 3.11. The number of rotatable bonds is 7. The van der Waals surface area contributed by atoms with Crippen LogP contribution in [0.3, 0.4) is 0 Å². The van der Waals surface area contributed by atoms with E-state index in [-0.39, 0.29) is 6.01 Å². The van der Waals surface area contributed by atoms with Crippen molar-refractivity contribution in [3.63, 3.8) is 0 Å². The largest absolute Gasteiger partial charge is 0.463 e. The molecule has 0 aromatic carbocycles. The zero-order valence-corrected chi connectivity index (χ0v) is 13.6. The molecule has 0 saturated heterocycles. The molecule has 0 saturated carbocycles. The summed E-state index contributed by atoms with van der Waals surface area (Å²) >= 11 is 0. The average molecular weight is 305 g/mol. The minimum atomic E-state index is 0.251. The summed E-state index contributed by atoms with van der Waals surface area (Å²) in [6, 6.07) is 0.251. The summed E-state index contributed by atoms with van der Waals surface area (Å²) in [5.41, 5.74) is 7.12. The third-order valence-electron chi connectivity index (χ3n) is 3.11. The topological polar surface area (TPSA) is 102 Å². The molecular weight excluding hydrogens is 282 g/mol. The van der Waals surface area contributed by atoms with E-state index in [0.717, 1.165) is 19.4 Å². The quantitative estimate of drug-likeness (QED) is 0.796. The standard InChI is InChI=1S/C14H23N7O/c1-5-7-21(4)13-17-9-10(12(16-3)20-13)18-14(19-11(9)15)22-8-6-2/h5-8H2,1-4H3,(H2,15,18,19)(H,16,17,20). The number of nitrogens with two attached hydrogens (primary N) is 1. The van der Waals surface area contributed by atoms with Crippen LogP contribution >= 0.6 is 0 Å². The normalized spacial score (nSPS) is 10.7. The van der Waals surface area contributed by atoms with E-state index in [4.69, 9.17) is 10.5 Å². The number of fused-ring (bicyclic) bond motifs is 1. The number of anilines is 3. The maximum Gasteiger partial charge on any atom is 0.319 e. The van der Waals surface area contributed by atoms with Crippen LogP contribution in [-0.4, -0.2) is 47.2 Å². The SMILES string of the molecule is CCCOc1nc(N)c2nc(N(C)CCC)nc(NC)c2n1. The van der Waals surface area contributed by atoms with Crippen LogP contribution in [0, 0.1) is 0 Å². The molecule has 8 heteroatoms. The van der Waals surface area contributed by atoms with E-state index in [1.165, 1.54) is 0 Å². The van der Waals surface area contributed by atoms with E-state index in [1.54, 1.807) is 7.05 Å². The molecule has 0 aliphatic rings. The molecule has 8 nitrogen and oxygen atoms in total. The smallest absolute Gasteiger partial charge is 0.319 e. The van der Waals surface area contributed by atoms with Gasteiger partial charge in [-0.25, -0.2) is 4.98 Å². The highest BCUT2D eigenvalue weighted by molar-refractivity contribution is 5.92. The van der Waals surface area contributed by atoms with Crippen molar-refractivity contribution in [3.8, 4) is 6.01 Å². The van der Waals surface area contributed by atoms with Crippen LogP contribution in [0.15, 0.2) is 0 Å². The van der Waals surface area contributed by atoms with E-state index >= 15 is 0 Å². The lowest BCUT2D eigenvalue weighted by Crippen LogP contribution is -2.21. The molecule has 0 amide bonds. The monoisotopic (exact) mass is 305 g/mol. The molecule has 22 heavy (non-hydrogen) atoms. The van der Waals surface area contributed by atoms with Crippen molar-refractivity contribution in [2.24, 2.45) is 0 Å². The molecule has 0 spiro atoms. The van der Waals surface area contributed by atoms with Crippen molar-refractivity contribution in [3.05, 3.63) is 0 Å². The molecule has 120 valence electrons. The second-order valence-electron chi connectivity index (χ2n) is 4.98. The molecule has 2 aromatic rings. The van der Waals surface area contributed by atoms with Crippen molar-refractivity contribution in [1.29, 1.82) is 0 Å². The summed E-state index contributed by atoms with van der Waals surface area (Å²) in [5.74, 6) is 1.50. The van der Waals surface area contributed by atoms with Crippen molar-refractivity contribution in [1.82, 2.24) is 19.9 Å². The molecule has 0 fully saturated rings. The van der Waals surface area contributed by atoms with Crippen LogP contribution in [0.4, 0.5) is 17.6 Å². The Morgan fingerprint density at radius 3 is 2.50 bits per heavy atom. The number of ether oxygens (including phenoxy) is 1. The molecule has 2 rings (SSSR count). The van der Waals surface area contributed by atoms with Gasteiger partial charge < -0.3 is 20.7 Å². The van der Waals surface area contributed by atoms with Gasteiger partial charge in [-0.05, 0) is 12.8 Å². The fourth-order valence-electron chi connectivity index (χ4n) is 2.04. The first kappa shape index (κ1) is 16.0. The van der Waals surface area contributed by atoms with Gasteiger partial charge in [0.2, 0.25) is 5.95 Å². The Morgan fingerprint density at radius 1 is 1.09 bits per heavy atom. The van der Waals surface area contributed by atoms with Gasteiger partial charge in [-0.1, -0.05) is 13.8 Å². The number of nitrogen functional groups attached to an aromatic ring is 1. The van der Waals surface area contributed by atoms with Gasteiger partial charge >= 0.3 is 6.01 Å². The highest BCUT2D eigenvalue weighted by Crippen LogP contribution is 2.26. The molecule has 0 radical (unpaired) electrons. The average Bonchev–Trinajstić information content (AvgIpc) is 2.52. The van der Waals surface area contributed by atoms with E-state index in [0.29, 0.717) is 35.2 Å². The molecule has 3 N–H and O–H groups in total. The van der Waals surface area contributed by atoms with Gasteiger partial charge in [-0.3, -0.25) is 0 Å². The molecule has 0 aliphatic heterocycles. The van der Waals surface area contributed by atoms with Gasteiger partial charge in [0.25, 0.3) is 0 Å². The fourth-order valence-corrected chi connectivity index (χ4v) is 2.04. The highest BCUT2D eigenvalue weighted by Gasteiger charge is 2.16. The first-order valence-electron chi connectivity index (χ1n) is 7.47. The van der Waals surface area contributed by atoms with Crippen LogP contribution in [0.25, 0.3) is 11.0 Å². The second kappa shape index (κ2) is 7.06. The van der Waals surface area contributed by atoms with Gasteiger partial charge in [0.05, 0.1) is 6.61 Å². The predicted octanol–water partition coefficient (Wildman–Crippen LogP) is 1.68. The van der Waals surface area contributed by atoms with E-state index in [1.807, 2.05) is 18.9 Å². The lowest BCUT2D eigenvalue weighted by Gasteiger charge is -2.18. The lowest BCUT2D eigenvalue weighted by atomic mass is 10.3. The Labute approximate surface area is 130 Å². The first-order chi connectivity index (χ1) is 10.6. The van der Waals surface area contributed by atoms with Gasteiger partial charge in [-0.15, -0.1) is 0 Å². The number of hydrogen-bond acceptors (Lipinski definition) is 8. The van der Waals surface area contributed by atoms with Crippen molar-refractivity contribution >= 4 is 28.6 Å². The summed E-state index contributed by atoms with van der Waals surface area (Å²) in [5, 5.41) is 3.04. The first-order valence-corrected chi connectivity index (χ1v) is 7.47. The summed E-state index contributed by atoms with van der Waals surface area (Å²) in [6.45, 7) is 5.51. The van der Waals surface area contributed by atoms with Crippen molar-refractivity contribution in [2.45, 2.75) is 26.7 Å². The van der Waals surface area contributed by atoms with Crippen molar-refractivity contribution < 1.29 is 4.74 Å². The minimum absolute atomic E-state index is 0.251. The van der Waals surface area contributed by atoms with Gasteiger partial charge in [0, 0.05) is 20.6 Å². The molecule has 0 bridgehead atoms. The molecule has 0 aliphatic carbocycles. The Morgan fingerprint density at radius 2 is 1.86 bits per heavy atom. The van der Waals surface area contributed by atoms with Gasteiger partial charge in [-0.2, -0.15) is 15.0 Å². The maximum atomic E-state index is 6.03. The second-order valence-corrected chi connectivity index (χ2v) is 4.98. The number of hydrogen-bond donors (Lipinski definition) is 2. The Hall–Kier alpha value is -2.38. The molecule has 0 atom stereocenters. The number of nitrogens with one attached hydrogen (secondary N) is 1. The third kappa shape index (κ3) is 3.26.